The number of para-hydroxylation sites is 2. The first-order chi connectivity index (χ1) is 18.6. The Hall–Kier alpha value is -4.55. The zero-order valence-corrected chi connectivity index (χ0v) is 20.5. The summed E-state index contributed by atoms with van der Waals surface area (Å²) in [5.41, 5.74) is 1.16. The van der Waals surface area contributed by atoms with Crippen molar-refractivity contribution in [3.63, 3.8) is 0 Å². The summed E-state index contributed by atoms with van der Waals surface area (Å²) in [6, 6.07) is 33.3. The van der Waals surface area contributed by atoms with Gasteiger partial charge in [-0.2, -0.15) is 0 Å². The molecule has 0 radical (unpaired) electrons. The lowest BCUT2D eigenvalue weighted by Gasteiger charge is -2.40. The molecule has 38 heavy (non-hydrogen) atoms. The van der Waals surface area contributed by atoms with Gasteiger partial charge in [0.25, 0.3) is 5.91 Å². The molecule has 7 rings (SSSR count). The first kappa shape index (κ1) is 22.6. The van der Waals surface area contributed by atoms with Crippen LogP contribution in [0.15, 0.2) is 109 Å². The average molecular weight is 500 g/mol. The second-order valence-corrected chi connectivity index (χ2v) is 10.2. The van der Waals surface area contributed by atoms with Crippen LogP contribution in [0.1, 0.15) is 27.0 Å². The molecule has 0 unspecified atom stereocenters. The van der Waals surface area contributed by atoms with Gasteiger partial charge < -0.3 is 10.6 Å². The molecule has 0 aromatic heterocycles. The van der Waals surface area contributed by atoms with Crippen molar-refractivity contribution in [2.24, 2.45) is 5.92 Å². The number of carbonyl (C=O) groups is 3. The van der Waals surface area contributed by atoms with E-state index in [9.17, 15) is 14.4 Å². The van der Waals surface area contributed by atoms with Crippen molar-refractivity contribution in [3.05, 3.63) is 131 Å². The van der Waals surface area contributed by atoms with Crippen molar-refractivity contribution in [3.8, 4) is 0 Å². The summed E-state index contributed by atoms with van der Waals surface area (Å²) in [4.78, 5) is 43.2. The summed E-state index contributed by atoms with van der Waals surface area (Å²) in [5, 5.41) is 9.70. The molecule has 0 bridgehead atoms. The fraction of sp³-hybridized carbons (Fsp3) is 0.156. The molecular formula is C32H25N3O3. The molecule has 3 N–H and O–H groups in total. The number of hydrogen-bond donors (Lipinski definition) is 3. The monoisotopic (exact) mass is 499 g/mol. The fourth-order valence-corrected chi connectivity index (χ4v) is 6.96. The maximum atomic E-state index is 14.6. The number of nitrogens with one attached hydrogen (secondary N) is 3. The van der Waals surface area contributed by atoms with Crippen LogP contribution in [0.5, 0.6) is 0 Å². The van der Waals surface area contributed by atoms with Gasteiger partial charge in [0, 0.05) is 28.5 Å². The van der Waals surface area contributed by atoms with Crippen LogP contribution in [0.25, 0.3) is 0 Å². The highest BCUT2D eigenvalue weighted by molar-refractivity contribution is 6.20. The summed E-state index contributed by atoms with van der Waals surface area (Å²) in [7, 11) is 0. The van der Waals surface area contributed by atoms with Crippen LogP contribution in [0.2, 0.25) is 0 Å². The standard InChI is InChI=1S/C32H25N3O3/c36-28(21-13-5-2-6-14-21)27-26(19-20-11-3-1-4-12-20)35-32(23-16-8-10-18-25(23)34-30(32)38)31(27)22-15-7-9-17-24(22)33-29(31)37/h1-18,26-27,35H,19H2,(H,33,37)(H,34,38)/t26-,27+,31+,32-/m0/s1. The Balaban J connectivity index is 1.55. The van der Waals surface area contributed by atoms with Crippen LogP contribution in [-0.2, 0) is 27.0 Å². The molecule has 2 spiro atoms. The van der Waals surface area contributed by atoms with Gasteiger partial charge in [-0.15, -0.1) is 0 Å². The summed E-state index contributed by atoms with van der Waals surface area (Å²) in [5.74, 6) is -1.69. The zero-order valence-electron chi connectivity index (χ0n) is 20.5. The van der Waals surface area contributed by atoms with Crippen LogP contribution < -0.4 is 16.0 Å². The summed E-state index contributed by atoms with van der Waals surface area (Å²) >= 11 is 0. The number of rotatable bonds is 4. The maximum absolute atomic E-state index is 14.6. The lowest BCUT2D eigenvalue weighted by molar-refractivity contribution is -0.132. The molecule has 0 saturated carbocycles. The normalized spacial score (nSPS) is 26.7. The van der Waals surface area contributed by atoms with Crippen LogP contribution in [0.3, 0.4) is 0 Å². The SMILES string of the molecule is O=C(c1ccccc1)[C@H]1[C@H](Cc2ccccc2)N[C@@]2(C(=O)Nc3ccccc32)[C@@]12C(=O)Nc1ccccc12. The minimum Gasteiger partial charge on any atom is -0.325 e. The van der Waals surface area contributed by atoms with E-state index in [1.54, 1.807) is 12.1 Å². The van der Waals surface area contributed by atoms with Crippen molar-refractivity contribution in [2.45, 2.75) is 23.4 Å². The first-order valence-corrected chi connectivity index (χ1v) is 12.8. The molecule has 6 heteroatoms. The van der Waals surface area contributed by atoms with Gasteiger partial charge in [0.15, 0.2) is 5.78 Å². The van der Waals surface area contributed by atoms with Gasteiger partial charge in [-0.05, 0) is 29.7 Å². The van der Waals surface area contributed by atoms with Gasteiger partial charge in [0.2, 0.25) is 5.91 Å². The number of ketones is 1. The van der Waals surface area contributed by atoms with E-state index < -0.39 is 22.9 Å². The number of fused-ring (bicyclic) bond motifs is 5. The zero-order chi connectivity index (χ0) is 25.9. The molecule has 6 nitrogen and oxygen atoms in total. The van der Waals surface area contributed by atoms with Crippen molar-refractivity contribution in [1.82, 2.24) is 5.32 Å². The number of amides is 2. The second-order valence-electron chi connectivity index (χ2n) is 10.2. The minimum atomic E-state index is -1.51. The first-order valence-electron chi connectivity index (χ1n) is 12.8. The number of benzene rings is 4. The highest BCUT2D eigenvalue weighted by Crippen LogP contribution is 2.62. The van der Waals surface area contributed by atoms with Gasteiger partial charge in [0.1, 0.15) is 11.0 Å². The van der Waals surface area contributed by atoms with Gasteiger partial charge in [-0.3, -0.25) is 19.7 Å². The maximum Gasteiger partial charge on any atom is 0.250 e. The smallest absolute Gasteiger partial charge is 0.250 e. The molecule has 3 aliphatic heterocycles. The molecule has 4 atom stereocenters. The predicted molar refractivity (Wildman–Crippen MR) is 145 cm³/mol. The van der Waals surface area contributed by atoms with Gasteiger partial charge >= 0.3 is 0 Å². The van der Waals surface area contributed by atoms with E-state index in [0.29, 0.717) is 34.5 Å². The van der Waals surface area contributed by atoms with Crippen molar-refractivity contribution in [1.29, 1.82) is 0 Å². The molecule has 4 aromatic rings. The average Bonchev–Trinajstić information content (AvgIpc) is 3.53. The minimum absolute atomic E-state index is 0.167. The lowest BCUT2D eigenvalue weighted by Crippen LogP contribution is -2.61. The molecule has 186 valence electrons. The third-order valence-electron chi connectivity index (χ3n) is 8.38. The van der Waals surface area contributed by atoms with Gasteiger partial charge in [-0.25, -0.2) is 0 Å². The van der Waals surface area contributed by atoms with E-state index in [4.69, 9.17) is 0 Å². The fourth-order valence-electron chi connectivity index (χ4n) is 6.96. The van der Waals surface area contributed by atoms with Crippen molar-refractivity contribution in [2.75, 3.05) is 10.6 Å². The molecule has 3 aliphatic rings. The van der Waals surface area contributed by atoms with E-state index >= 15 is 0 Å². The van der Waals surface area contributed by atoms with E-state index in [1.807, 2.05) is 97.1 Å². The number of carbonyl (C=O) groups excluding carboxylic acids is 3. The summed E-state index contributed by atoms with van der Waals surface area (Å²) < 4.78 is 0. The number of Topliss-reactive ketones (excluding diaryl/α,β-unsaturated/α-hetero) is 1. The largest absolute Gasteiger partial charge is 0.325 e. The predicted octanol–water partition coefficient (Wildman–Crippen LogP) is 4.44. The van der Waals surface area contributed by atoms with Crippen LogP contribution in [-0.4, -0.2) is 23.6 Å². The number of anilines is 2. The quantitative estimate of drug-likeness (QED) is 0.363. The summed E-state index contributed by atoms with van der Waals surface area (Å²) in [6.07, 6.45) is 0.471. The Bertz CT molecular complexity index is 1600. The van der Waals surface area contributed by atoms with E-state index in [-0.39, 0.29) is 17.6 Å². The van der Waals surface area contributed by atoms with Crippen molar-refractivity contribution < 1.29 is 14.4 Å². The molecule has 1 fully saturated rings. The molecule has 3 heterocycles. The molecular weight excluding hydrogens is 474 g/mol. The Labute approximate surface area is 220 Å². The van der Waals surface area contributed by atoms with Crippen LogP contribution >= 0.6 is 0 Å². The third kappa shape index (κ3) is 2.83. The third-order valence-corrected chi connectivity index (χ3v) is 8.38. The highest BCUT2D eigenvalue weighted by atomic mass is 16.2. The Morgan fingerprint density at radius 1 is 0.658 bits per heavy atom. The second kappa shape index (κ2) is 8.23. The molecule has 1 saturated heterocycles. The Morgan fingerprint density at radius 3 is 1.92 bits per heavy atom. The van der Waals surface area contributed by atoms with Crippen molar-refractivity contribution >= 4 is 29.0 Å². The Morgan fingerprint density at radius 2 is 1.21 bits per heavy atom. The lowest BCUT2D eigenvalue weighted by atomic mass is 9.57. The Kier molecular flexibility index (Phi) is 4.90. The van der Waals surface area contributed by atoms with Crippen LogP contribution in [0.4, 0.5) is 11.4 Å². The van der Waals surface area contributed by atoms with Gasteiger partial charge in [-0.1, -0.05) is 97.1 Å². The molecule has 4 aromatic carbocycles. The topological polar surface area (TPSA) is 87.3 Å². The highest BCUT2D eigenvalue weighted by Gasteiger charge is 2.77. The number of hydrogen-bond acceptors (Lipinski definition) is 4. The van der Waals surface area contributed by atoms with E-state index in [1.165, 1.54) is 0 Å². The molecule has 0 aliphatic carbocycles. The van der Waals surface area contributed by atoms with E-state index in [0.717, 1.165) is 5.56 Å². The molecule has 2 amide bonds. The summed E-state index contributed by atoms with van der Waals surface area (Å²) in [6.45, 7) is 0. The van der Waals surface area contributed by atoms with Gasteiger partial charge in [0.05, 0.1) is 5.92 Å². The van der Waals surface area contributed by atoms with Crippen LogP contribution in [0, 0.1) is 5.92 Å². The van der Waals surface area contributed by atoms with E-state index in [2.05, 4.69) is 16.0 Å².